The van der Waals surface area contributed by atoms with Crippen LogP contribution < -0.4 is 0 Å². The topological polar surface area (TPSA) is 56.3 Å². The second-order valence-corrected chi connectivity index (χ2v) is 7.26. The molecule has 140 valence electrons. The maximum atomic E-state index is 11.7. The van der Waals surface area contributed by atoms with Crippen LogP contribution >= 0.6 is 0 Å². The third-order valence-electron chi connectivity index (χ3n) is 5.14. The van der Waals surface area contributed by atoms with Crippen LogP contribution in [0.1, 0.15) is 30.9 Å². The first kappa shape index (κ1) is 18.0. The SMILES string of the molecule is Cc1c([N+](=O)[O-])cc(C(C)C)c2oc(-c3ccccc3)c(-c3ccccc3)c12. The minimum Gasteiger partial charge on any atom is -0.455 e. The molecule has 0 saturated heterocycles. The van der Waals surface area contributed by atoms with Crippen LogP contribution in [0.4, 0.5) is 5.69 Å². The van der Waals surface area contributed by atoms with Crippen molar-refractivity contribution in [1.82, 2.24) is 0 Å². The van der Waals surface area contributed by atoms with Crippen LogP contribution in [0.3, 0.4) is 0 Å². The number of nitrogens with zero attached hydrogens (tertiary/aromatic N) is 1. The van der Waals surface area contributed by atoms with E-state index in [0.717, 1.165) is 39.0 Å². The maximum Gasteiger partial charge on any atom is 0.273 e. The molecule has 4 heteroatoms. The van der Waals surface area contributed by atoms with Gasteiger partial charge in [-0.05, 0) is 18.4 Å². The van der Waals surface area contributed by atoms with Gasteiger partial charge in [-0.3, -0.25) is 10.1 Å². The largest absolute Gasteiger partial charge is 0.455 e. The fourth-order valence-electron chi connectivity index (χ4n) is 3.73. The molecule has 0 aliphatic carbocycles. The Balaban J connectivity index is 2.20. The van der Waals surface area contributed by atoms with Gasteiger partial charge in [-0.15, -0.1) is 0 Å². The fourth-order valence-corrected chi connectivity index (χ4v) is 3.73. The van der Waals surface area contributed by atoms with E-state index in [1.54, 1.807) is 13.0 Å². The van der Waals surface area contributed by atoms with Crippen LogP contribution in [0.5, 0.6) is 0 Å². The zero-order valence-corrected chi connectivity index (χ0v) is 16.1. The van der Waals surface area contributed by atoms with E-state index in [1.165, 1.54) is 0 Å². The van der Waals surface area contributed by atoms with Crippen molar-refractivity contribution in [2.24, 2.45) is 0 Å². The molecule has 0 bridgehead atoms. The summed E-state index contributed by atoms with van der Waals surface area (Å²) in [6.07, 6.45) is 0. The summed E-state index contributed by atoms with van der Waals surface area (Å²) in [6, 6.07) is 21.5. The van der Waals surface area contributed by atoms with E-state index in [0.29, 0.717) is 5.56 Å². The molecule has 0 atom stereocenters. The summed E-state index contributed by atoms with van der Waals surface area (Å²) in [7, 11) is 0. The molecule has 0 aliphatic rings. The van der Waals surface area contributed by atoms with Crippen LogP contribution in [0.25, 0.3) is 33.4 Å². The third-order valence-corrected chi connectivity index (χ3v) is 5.14. The van der Waals surface area contributed by atoms with Crippen LogP contribution in [0, 0.1) is 17.0 Å². The first-order valence-electron chi connectivity index (χ1n) is 9.34. The van der Waals surface area contributed by atoms with Gasteiger partial charge in [0.15, 0.2) is 0 Å². The molecule has 0 fully saturated rings. The highest BCUT2D eigenvalue weighted by Gasteiger charge is 2.27. The second-order valence-electron chi connectivity index (χ2n) is 7.26. The van der Waals surface area contributed by atoms with E-state index in [2.05, 4.69) is 0 Å². The summed E-state index contributed by atoms with van der Waals surface area (Å²) in [5.41, 5.74) is 5.20. The molecule has 28 heavy (non-hydrogen) atoms. The van der Waals surface area contributed by atoms with Crippen molar-refractivity contribution in [3.8, 4) is 22.5 Å². The lowest BCUT2D eigenvalue weighted by Gasteiger charge is -2.09. The van der Waals surface area contributed by atoms with Gasteiger partial charge in [-0.25, -0.2) is 0 Å². The van der Waals surface area contributed by atoms with E-state index < -0.39 is 0 Å². The molecular weight excluding hydrogens is 350 g/mol. The predicted molar refractivity (Wildman–Crippen MR) is 113 cm³/mol. The van der Waals surface area contributed by atoms with Gasteiger partial charge in [0.1, 0.15) is 11.3 Å². The van der Waals surface area contributed by atoms with Gasteiger partial charge in [0.25, 0.3) is 5.69 Å². The van der Waals surface area contributed by atoms with Gasteiger partial charge in [-0.1, -0.05) is 74.5 Å². The molecule has 1 heterocycles. The number of fused-ring (bicyclic) bond motifs is 1. The first-order chi connectivity index (χ1) is 13.5. The van der Waals surface area contributed by atoms with Crippen molar-refractivity contribution in [1.29, 1.82) is 0 Å². The van der Waals surface area contributed by atoms with Gasteiger partial charge >= 0.3 is 0 Å². The average molecular weight is 371 g/mol. The Morgan fingerprint density at radius 1 is 0.929 bits per heavy atom. The Morgan fingerprint density at radius 3 is 2.04 bits per heavy atom. The molecule has 1 aromatic heterocycles. The Labute approximate surface area is 163 Å². The quantitative estimate of drug-likeness (QED) is 0.284. The summed E-state index contributed by atoms with van der Waals surface area (Å²) in [4.78, 5) is 11.4. The molecule has 4 rings (SSSR count). The van der Waals surface area contributed by atoms with E-state index in [-0.39, 0.29) is 16.5 Å². The highest BCUT2D eigenvalue weighted by atomic mass is 16.6. The first-order valence-corrected chi connectivity index (χ1v) is 9.34. The van der Waals surface area contributed by atoms with Crippen molar-refractivity contribution < 1.29 is 9.34 Å². The normalized spacial score (nSPS) is 11.3. The predicted octanol–water partition coefficient (Wildman–Crippen LogP) is 7.11. The van der Waals surface area contributed by atoms with Crippen molar-refractivity contribution >= 4 is 16.7 Å². The Kier molecular flexibility index (Phi) is 4.47. The zero-order chi connectivity index (χ0) is 19.8. The van der Waals surface area contributed by atoms with Crippen LogP contribution in [0.15, 0.2) is 71.1 Å². The number of hydrogen-bond acceptors (Lipinski definition) is 3. The number of furan rings is 1. The Bertz CT molecular complexity index is 1160. The summed E-state index contributed by atoms with van der Waals surface area (Å²) in [5.74, 6) is 0.840. The number of rotatable bonds is 4. The fraction of sp³-hybridized carbons (Fsp3) is 0.167. The maximum absolute atomic E-state index is 11.7. The molecule has 0 aliphatic heterocycles. The van der Waals surface area contributed by atoms with Gasteiger partial charge in [-0.2, -0.15) is 0 Å². The number of nitro benzene ring substituents is 1. The highest BCUT2D eigenvalue weighted by Crippen LogP contribution is 2.46. The molecule has 0 amide bonds. The minimum absolute atomic E-state index is 0.0974. The zero-order valence-electron chi connectivity index (χ0n) is 16.1. The third kappa shape index (κ3) is 2.87. The van der Waals surface area contributed by atoms with E-state index >= 15 is 0 Å². The second kappa shape index (κ2) is 6.97. The standard InChI is InChI=1S/C24H21NO3/c1-15(2)19-14-20(25(26)27)16(3)21-22(17-10-6-4-7-11-17)23(28-24(19)21)18-12-8-5-9-13-18/h4-15H,1-3H3. The number of aryl methyl sites for hydroxylation is 1. The summed E-state index contributed by atoms with van der Waals surface area (Å²) >= 11 is 0. The van der Waals surface area contributed by atoms with E-state index in [4.69, 9.17) is 4.42 Å². The summed E-state index contributed by atoms with van der Waals surface area (Å²) in [5, 5.41) is 12.6. The van der Waals surface area contributed by atoms with Crippen molar-refractivity contribution in [3.63, 3.8) is 0 Å². The van der Waals surface area contributed by atoms with Crippen LogP contribution in [-0.4, -0.2) is 4.92 Å². The lowest BCUT2D eigenvalue weighted by molar-refractivity contribution is -0.385. The van der Waals surface area contributed by atoms with E-state index in [1.807, 2.05) is 74.5 Å². The van der Waals surface area contributed by atoms with Gasteiger partial charge < -0.3 is 4.42 Å². The molecule has 0 N–H and O–H groups in total. The molecule has 4 nitrogen and oxygen atoms in total. The molecule has 0 spiro atoms. The van der Waals surface area contributed by atoms with Gasteiger partial charge in [0.05, 0.1) is 4.92 Å². The Hall–Kier alpha value is -3.40. The molecule has 0 radical (unpaired) electrons. The lowest BCUT2D eigenvalue weighted by Crippen LogP contribution is -1.97. The molecule has 0 unspecified atom stereocenters. The van der Waals surface area contributed by atoms with Gasteiger partial charge in [0, 0.05) is 33.7 Å². The number of hydrogen-bond donors (Lipinski definition) is 0. The van der Waals surface area contributed by atoms with E-state index in [9.17, 15) is 10.1 Å². The summed E-state index contributed by atoms with van der Waals surface area (Å²) < 4.78 is 6.43. The Morgan fingerprint density at radius 2 is 1.50 bits per heavy atom. The van der Waals surface area contributed by atoms with Crippen molar-refractivity contribution in [3.05, 3.63) is 88.0 Å². The average Bonchev–Trinajstić information content (AvgIpc) is 3.10. The number of nitro groups is 1. The van der Waals surface area contributed by atoms with Gasteiger partial charge in [0.2, 0.25) is 0 Å². The monoisotopic (exact) mass is 371 g/mol. The number of benzene rings is 3. The molecule has 4 aromatic rings. The van der Waals surface area contributed by atoms with Crippen molar-refractivity contribution in [2.45, 2.75) is 26.7 Å². The lowest BCUT2D eigenvalue weighted by atomic mass is 9.92. The smallest absolute Gasteiger partial charge is 0.273 e. The highest BCUT2D eigenvalue weighted by molar-refractivity contribution is 6.06. The molecule has 0 saturated carbocycles. The van der Waals surface area contributed by atoms with Crippen LogP contribution in [-0.2, 0) is 0 Å². The van der Waals surface area contributed by atoms with Crippen molar-refractivity contribution in [2.75, 3.05) is 0 Å². The molecule has 3 aromatic carbocycles. The van der Waals surface area contributed by atoms with Crippen LogP contribution in [0.2, 0.25) is 0 Å². The molecular formula is C24H21NO3. The minimum atomic E-state index is -0.301. The summed E-state index contributed by atoms with van der Waals surface area (Å²) in [6.45, 7) is 5.86.